The van der Waals surface area contributed by atoms with Crippen molar-refractivity contribution in [2.75, 3.05) is 24.5 Å². The zero-order valence-corrected chi connectivity index (χ0v) is 19.5. The highest BCUT2D eigenvalue weighted by Gasteiger charge is 2.22. The Balaban J connectivity index is 1.54. The first-order chi connectivity index (χ1) is 14.3. The quantitative estimate of drug-likeness (QED) is 0.535. The molecule has 0 saturated carbocycles. The molecular formula is C21H21BrN2O4S2. The Morgan fingerprint density at radius 1 is 1.23 bits per heavy atom. The Morgan fingerprint density at radius 2 is 2.00 bits per heavy atom. The molecule has 1 amide bonds. The van der Waals surface area contributed by atoms with Gasteiger partial charge < -0.3 is 10.1 Å². The number of carbonyl (C=O) groups is 1. The second-order valence-corrected chi connectivity index (χ2v) is 11.1. The summed E-state index contributed by atoms with van der Waals surface area (Å²) in [5, 5.41) is 3.76. The van der Waals surface area contributed by atoms with Crippen LogP contribution in [-0.2, 0) is 14.8 Å². The summed E-state index contributed by atoms with van der Waals surface area (Å²) in [4.78, 5) is 13.3. The van der Waals surface area contributed by atoms with Crippen LogP contribution in [0.1, 0.15) is 22.5 Å². The van der Waals surface area contributed by atoms with E-state index in [9.17, 15) is 13.2 Å². The predicted octanol–water partition coefficient (Wildman–Crippen LogP) is 4.40. The van der Waals surface area contributed by atoms with Crippen molar-refractivity contribution < 1.29 is 17.9 Å². The molecular weight excluding hydrogens is 488 g/mol. The van der Waals surface area contributed by atoms with E-state index in [0.29, 0.717) is 17.1 Å². The fraction of sp³-hybridized carbons (Fsp3) is 0.286. The SMILES string of the molecule is CN(c1ccc2sc(C(=O)NCC3CCCO3)cc2c1)S(=O)(=O)c1ccc(Br)cc1. The molecule has 1 aliphatic rings. The summed E-state index contributed by atoms with van der Waals surface area (Å²) in [5.74, 6) is -0.135. The molecule has 6 nitrogen and oxygen atoms in total. The van der Waals surface area contributed by atoms with E-state index in [2.05, 4.69) is 21.2 Å². The normalized spacial score (nSPS) is 16.7. The second-order valence-electron chi connectivity index (χ2n) is 7.10. The van der Waals surface area contributed by atoms with Crippen molar-refractivity contribution in [1.82, 2.24) is 5.32 Å². The molecule has 1 fully saturated rings. The fourth-order valence-electron chi connectivity index (χ4n) is 3.34. The van der Waals surface area contributed by atoms with E-state index in [1.807, 2.05) is 6.07 Å². The van der Waals surface area contributed by atoms with Crippen LogP contribution >= 0.6 is 27.3 Å². The maximum atomic E-state index is 12.9. The molecule has 2 aromatic carbocycles. The third-order valence-corrected chi connectivity index (χ3v) is 8.52. The first-order valence-electron chi connectivity index (χ1n) is 9.52. The van der Waals surface area contributed by atoms with Crippen molar-refractivity contribution in [2.45, 2.75) is 23.8 Å². The van der Waals surface area contributed by atoms with Crippen molar-refractivity contribution >= 4 is 59.0 Å². The van der Waals surface area contributed by atoms with Gasteiger partial charge in [0.2, 0.25) is 0 Å². The molecule has 2 heterocycles. The summed E-state index contributed by atoms with van der Waals surface area (Å²) in [6.07, 6.45) is 2.09. The molecule has 0 spiro atoms. The number of nitrogens with zero attached hydrogens (tertiary/aromatic N) is 1. The third kappa shape index (κ3) is 4.39. The monoisotopic (exact) mass is 508 g/mol. The summed E-state index contributed by atoms with van der Waals surface area (Å²) in [6, 6.07) is 13.7. The molecule has 1 aromatic heterocycles. The molecule has 1 aliphatic heterocycles. The van der Waals surface area contributed by atoms with E-state index >= 15 is 0 Å². The third-order valence-electron chi connectivity index (χ3n) is 5.07. The van der Waals surface area contributed by atoms with Crippen LogP contribution in [0.25, 0.3) is 10.1 Å². The van der Waals surface area contributed by atoms with Crippen molar-refractivity contribution in [2.24, 2.45) is 0 Å². The van der Waals surface area contributed by atoms with E-state index in [1.54, 1.807) is 42.5 Å². The number of anilines is 1. The van der Waals surface area contributed by atoms with Gasteiger partial charge >= 0.3 is 0 Å². The van der Waals surface area contributed by atoms with Gasteiger partial charge in [0.25, 0.3) is 15.9 Å². The fourth-order valence-corrected chi connectivity index (χ4v) is 5.75. The number of hydrogen-bond acceptors (Lipinski definition) is 5. The Hall–Kier alpha value is -1.94. The number of thiophene rings is 1. The molecule has 3 aromatic rings. The van der Waals surface area contributed by atoms with Crippen LogP contribution in [0.2, 0.25) is 0 Å². The predicted molar refractivity (Wildman–Crippen MR) is 123 cm³/mol. The lowest BCUT2D eigenvalue weighted by Gasteiger charge is -2.19. The van der Waals surface area contributed by atoms with Crippen LogP contribution in [0.3, 0.4) is 0 Å². The molecule has 1 N–H and O–H groups in total. The molecule has 0 bridgehead atoms. The minimum Gasteiger partial charge on any atom is -0.376 e. The Bertz CT molecular complexity index is 1170. The highest BCUT2D eigenvalue weighted by Crippen LogP contribution is 2.31. The van der Waals surface area contributed by atoms with Crippen LogP contribution in [0.4, 0.5) is 5.69 Å². The van der Waals surface area contributed by atoms with Crippen LogP contribution in [0.5, 0.6) is 0 Å². The summed E-state index contributed by atoms with van der Waals surface area (Å²) < 4.78 is 34.4. The van der Waals surface area contributed by atoms with Crippen LogP contribution in [0.15, 0.2) is 57.9 Å². The van der Waals surface area contributed by atoms with Gasteiger partial charge in [0, 0.05) is 29.4 Å². The average Bonchev–Trinajstić information content (AvgIpc) is 3.40. The van der Waals surface area contributed by atoms with Crippen LogP contribution < -0.4 is 9.62 Å². The average molecular weight is 509 g/mol. The number of sulfonamides is 1. The Labute approximate surface area is 188 Å². The van der Waals surface area contributed by atoms with E-state index in [-0.39, 0.29) is 16.9 Å². The number of ether oxygens (including phenoxy) is 1. The van der Waals surface area contributed by atoms with Gasteiger partial charge in [0.15, 0.2) is 0 Å². The molecule has 0 radical (unpaired) electrons. The van der Waals surface area contributed by atoms with E-state index in [0.717, 1.165) is 34.0 Å². The van der Waals surface area contributed by atoms with E-state index in [1.165, 1.54) is 22.7 Å². The van der Waals surface area contributed by atoms with Gasteiger partial charge in [0.1, 0.15) is 0 Å². The Morgan fingerprint density at radius 3 is 2.70 bits per heavy atom. The lowest BCUT2D eigenvalue weighted by atomic mass is 10.2. The number of rotatable bonds is 6. The van der Waals surface area contributed by atoms with Gasteiger partial charge in [-0.1, -0.05) is 15.9 Å². The molecule has 9 heteroatoms. The number of hydrogen-bond donors (Lipinski definition) is 1. The topological polar surface area (TPSA) is 75.7 Å². The summed E-state index contributed by atoms with van der Waals surface area (Å²) in [6.45, 7) is 1.26. The highest BCUT2D eigenvalue weighted by atomic mass is 79.9. The standard InChI is InChI=1S/C21H21BrN2O4S2/c1-24(30(26,27)18-7-4-15(22)5-8-18)16-6-9-19-14(11-16)12-20(29-19)21(25)23-13-17-3-2-10-28-17/h4-9,11-12,17H,2-3,10,13H2,1H3,(H,23,25). The molecule has 4 rings (SSSR count). The van der Waals surface area contributed by atoms with Gasteiger partial charge in [-0.3, -0.25) is 9.10 Å². The minimum absolute atomic E-state index is 0.0902. The second kappa shape index (κ2) is 8.66. The van der Waals surface area contributed by atoms with Crippen molar-refractivity contribution in [1.29, 1.82) is 0 Å². The van der Waals surface area contributed by atoms with Crippen LogP contribution in [0, 0.1) is 0 Å². The number of benzene rings is 2. The Kier molecular flexibility index (Phi) is 6.15. The van der Waals surface area contributed by atoms with Gasteiger partial charge in [-0.15, -0.1) is 11.3 Å². The number of halogens is 1. The number of carbonyl (C=O) groups excluding carboxylic acids is 1. The largest absolute Gasteiger partial charge is 0.376 e. The van der Waals surface area contributed by atoms with Gasteiger partial charge in [-0.05, 0) is 66.8 Å². The van der Waals surface area contributed by atoms with E-state index < -0.39 is 10.0 Å². The molecule has 0 aliphatic carbocycles. The molecule has 158 valence electrons. The summed E-state index contributed by atoms with van der Waals surface area (Å²) in [7, 11) is -2.15. The van der Waals surface area contributed by atoms with Gasteiger partial charge in [-0.2, -0.15) is 0 Å². The van der Waals surface area contributed by atoms with Crippen molar-refractivity contribution in [3.63, 3.8) is 0 Å². The van der Waals surface area contributed by atoms with Crippen molar-refractivity contribution in [3.05, 3.63) is 57.9 Å². The van der Waals surface area contributed by atoms with Crippen LogP contribution in [-0.4, -0.2) is 40.6 Å². The smallest absolute Gasteiger partial charge is 0.264 e. The lowest BCUT2D eigenvalue weighted by Crippen LogP contribution is -2.31. The highest BCUT2D eigenvalue weighted by molar-refractivity contribution is 9.10. The lowest BCUT2D eigenvalue weighted by molar-refractivity contribution is 0.0861. The molecule has 1 atom stereocenters. The van der Waals surface area contributed by atoms with Gasteiger partial charge in [0.05, 0.1) is 21.6 Å². The molecule has 1 saturated heterocycles. The number of amides is 1. The number of nitrogens with one attached hydrogen (secondary N) is 1. The summed E-state index contributed by atoms with van der Waals surface area (Å²) in [5.41, 5.74) is 0.537. The first kappa shape index (κ1) is 21.3. The summed E-state index contributed by atoms with van der Waals surface area (Å²) >= 11 is 4.71. The zero-order valence-electron chi connectivity index (χ0n) is 16.3. The number of fused-ring (bicyclic) bond motifs is 1. The maximum Gasteiger partial charge on any atom is 0.264 e. The van der Waals surface area contributed by atoms with E-state index in [4.69, 9.17) is 4.74 Å². The van der Waals surface area contributed by atoms with Gasteiger partial charge in [-0.25, -0.2) is 8.42 Å². The van der Waals surface area contributed by atoms with Crippen molar-refractivity contribution in [3.8, 4) is 0 Å². The molecule has 30 heavy (non-hydrogen) atoms. The zero-order chi connectivity index (χ0) is 21.3. The first-order valence-corrected chi connectivity index (χ1v) is 12.6. The minimum atomic E-state index is -3.68. The maximum absolute atomic E-state index is 12.9. The molecule has 1 unspecified atom stereocenters.